The molecule has 0 aliphatic carbocycles. The number of carboxylic acids is 1. The first kappa shape index (κ1) is 39.4. The highest BCUT2D eigenvalue weighted by Gasteiger charge is 2.41. The van der Waals surface area contributed by atoms with Crippen LogP contribution in [0.3, 0.4) is 0 Å². The van der Waals surface area contributed by atoms with Gasteiger partial charge in [0, 0.05) is 29.9 Å². The number of alkyl halides is 6. The number of carbonyl (C=O) groups excluding carboxylic acids is 1. The zero-order chi connectivity index (χ0) is 38.2. The van der Waals surface area contributed by atoms with Crippen molar-refractivity contribution in [1.82, 2.24) is 14.8 Å². The lowest BCUT2D eigenvalue weighted by molar-refractivity contribution is -0.140. The highest BCUT2D eigenvalue weighted by Crippen LogP contribution is 2.42. The van der Waals surface area contributed by atoms with Crippen LogP contribution in [0.2, 0.25) is 0 Å². The second-order valence-electron chi connectivity index (χ2n) is 13.1. The summed E-state index contributed by atoms with van der Waals surface area (Å²) in [6.45, 7) is 7.21. The second-order valence-corrected chi connectivity index (χ2v) is 13.1. The van der Waals surface area contributed by atoms with Crippen molar-refractivity contribution in [2.75, 3.05) is 19.6 Å². The van der Waals surface area contributed by atoms with Crippen LogP contribution in [0.5, 0.6) is 0 Å². The van der Waals surface area contributed by atoms with E-state index in [0.717, 1.165) is 31.7 Å². The van der Waals surface area contributed by atoms with Crippen LogP contribution in [0.15, 0.2) is 35.3 Å². The number of nitrogens with one attached hydrogen (secondary N) is 1. The van der Waals surface area contributed by atoms with Crippen LogP contribution in [-0.4, -0.2) is 46.1 Å². The highest BCUT2D eigenvalue weighted by atomic mass is 19.4. The summed E-state index contributed by atoms with van der Waals surface area (Å²) in [4.78, 5) is 40.9. The molecule has 0 saturated carbocycles. The average molecular weight is 734 g/mol. The molecule has 2 heterocycles. The zero-order valence-electron chi connectivity index (χ0n) is 28.0. The van der Waals surface area contributed by atoms with Crippen molar-refractivity contribution in [2.45, 2.75) is 77.8 Å². The number of pyridine rings is 1. The summed E-state index contributed by atoms with van der Waals surface area (Å²) in [7, 11) is 0. The molecule has 2 atom stereocenters. The van der Waals surface area contributed by atoms with Gasteiger partial charge in [0.1, 0.15) is 23.5 Å². The lowest BCUT2D eigenvalue weighted by Crippen LogP contribution is -2.41. The van der Waals surface area contributed by atoms with Gasteiger partial charge in [-0.05, 0) is 86.5 Å². The third kappa shape index (κ3) is 8.76. The molecule has 1 saturated heterocycles. The molecule has 51 heavy (non-hydrogen) atoms. The van der Waals surface area contributed by atoms with Crippen molar-refractivity contribution in [3.63, 3.8) is 0 Å². The number of aromatic nitrogens is 1. The number of benzene rings is 2. The van der Waals surface area contributed by atoms with Gasteiger partial charge in [-0.25, -0.2) is 13.2 Å². The Hall–Kier alpha value is -4.34. The maximum Gasteiger partial charge on any atom is 0.419 e. The minimum absolute atomic E-state index is 0.0980. The molecule has 16 heteroatoms. The third-order valence-electron chi connectivity index (χ3n) is 8.91. The molecule has 1 aromatic heterocycles. The Bertz CT molecular complexity index is 1870. The number of halogens is 9. The van der Waals surface area contributed by atoms with Crippen LogP contribution in [0.4, 0.5) is 39.5 Å². The van der Waals surface area contributed by atoms with Crippen molar-refractivity contribution in [1.29, 1.82) is 0 Å². The molecule has 0 bridgehead atoms. The molecule has 2 unspecified atom stereocenters. The predicted octanol–water partition coefficient (Wildman–Crippen LogP) is 7.75. The fourth-order valence-electron chi connectivity index (χ4n) is 6.23. The number of hydrogen-bond acceptors (Lipinski definition) is 4. The molecule has 2 aromatic carbocycles. The monoisotopic (exact) mass is 733 g/mol. The van der Waals surface area contributed by atoms with Crippen molar-refractivity contribution in [3.05, 3.63) is 91.6 Å². The maximum absolute atomic E-state index is 16.4. The Morgan fingerprint density at radius 1 is 0.941 bits per heavy atom. The van der Waals surface area contributed by atoms with E-state index in [2.05, 4.69) is 5.32 Å². The lowest BCUT2D eigenvalue weighted by Gasteiger charge is -2.31. The summed E-state index contributed by atoms with van der Waals surface area (Å²) in [5.41, 5.74) is -7.78. The Morgan fingerprint density at radius 3 is 2.10 bits per heavy atom. The fraction of sp³-hybridized carbons (Fsp3) is 0.457. The van der Waals surface area contributed by atoms with Crippen molar-refractivity contribution in [2.24, 2.45) is 5.92 Å². The molecule has 3 aromatic rings. The van der Waals surface area contributed by atoms with E-state index in [9.17, 15) is 50.2 Å². The molecule has 4 rings (SSSR count). The number of likely N-dealkylation sites (tertiary alicyclic amines) is 1. The van der Waals surface area contributed by atoms with Crippen LogP contribution >= 0.6 is 0 Å². The van der Waals surface area contributed by atoms with Crippen molar-refractivity contribution >= 4 is 11.9 Å². The Labute approximate surface area is 287 Å². The SMILES string of the molecule is Cc1ccc(F)c(C)c1-c1cc(C(F)(F)F)c(F)c(C(CC(=O)O)NC(=O)C(CC(C)C)n2cc(CCN3CCC3)c(C(F)(F)F)cc2=O)c1F. The van der Waals surface area contributed by atoms with Gasteiger partial charge >= 0.3 is 18.3 Å². The van der Waals surface area contributed by atoms with Gasteiger partial charge < -0.3 is 19.9 Å². The van der Waals surface area contributed by atoms with Crippen molar-refractivity contribution in [3.8, 4) is 11.1 Å². The molecule has 1 amide bonds. The number of hydrogen-bond donors (Lipinski definition) is 2. The number of rotatable bonds is 12. The summed E-state index contributed by atoms with van der Waals surface area (Å²) >= 11 is 0. The van der Waals surface area contributed by atoms with E-state index in [1.807, 2.05) is 4.90 Å². The van der Waals surface area contributed by atoms with Crippen LogP contribution in [0.1, 0.15) is 78.6 Å². The summed E-state index contributed by atoms with van der Waals surface area (Å²) in [5, 5.41) is 11.7. The van der Waals surface area contributed by atoms with Gasteiger partial charge in [-0.1, -0.05) is 19.9 Å². The minimum Gasteiger partial charge on any atom is -0.481 e. The van der Waals surface area contributed by atoms with Gasteiger partial charge in [-0.3, -0.25) is 14.4 Å². The topological polar surface area (TPSA) is 91.6 Å². The lowest BCUT2D eigenvalue weighted by atomic mass is 9.89. The number of amides is 1. The number of aliphatic carboxylic acids is 1. The Kier molecular flexibility index (Phi) is 11.7. The molecule has 278 valence electrons. The molecule has 7 nitrogen and oxygen atoms in total. The van der Waals surface area contributed by atoms with Gasteiger partial charge in [-0.2, -0.15) is 26.3 Å². The fourth-order valence-corrected chi connectivity index (χ4v) is 6.23. The van der Waals surface area contributed by atoms with Gasteiger partial charge in [0.05, 0.1) is 23.6 Å². The summed E-state index contributed by atoms with van der Waals surface area (Å²) in [5.74, 6) is -8.39. The van der Waals surface area contributed by atoms with E-state index in [4.69, 9.17) is 0 Å². The Balaban J connectivity index is 1.89. The summed E-state index contributed by atoms with van der Waals surface area (Å²) < 4.78 is 132. The van der Waals surface area contributed by atoms with Gasteiger partial charge in [-0.15, -0.1) is 0 Å². The van der Waals surface area contributed by atoms with E-state index < -0.39 is 93.9 Å². The van der Waals surface area contributed by atoms with Gasteiger partial charge in [0.25, 0.3) is 5.56 Å². The van der Waals surface area contributed by atoms with E-state index in [0.29, 0.717) is 23.7 Å². The number of carboxylic acid groups (broad SMARTS) is 1. The first-order valence-corrected chi connectivity index (χ1v) is 16.0. The largest absolute Gasteiger partial charge is 0.481 e. The third-order valence-corrected chi connectivity index (χ3v) is 8.91. The molecular formula is C35H36F9N3O4. The normalized spacial score (nSPS) is 15.1. The molecule has 1 fully saturated rings. The second kappa shape index (κ2) is 15.1. The molecular weight excluding hydrogens is 697 g/mol. The number of nitrogens with zero attached hydrogens (tertiary/aromatic N) is 2. The smallest absolute Gasteiger partial charge is 0.419 e. The first-order valence-electron chi connectivity index (χ1n) is 16.0. The standard InChI is InChI=1S/C35H36F9N3O4/c1-17(2)12-26(47-16-20(8-11-46-9-5-10-46)22(14-27(47)48)34(39,40)41)33(51)45-25(15-28(49)50)30-31(37)21(13-23(32(30)38)35(42,43)44)29-18(3)6-7-24(36)19(29)4/h6-7,13-14,16-17,25-26H,5,8-12,15H2,1-4H3,(H,45,51)(H,49,50). The molecule has 1 aliphatic rings. The van der Waals surface area contributed by atoms with Crippen LogP contribution in [0, 0.1) is 37.2 Å². The minimum atomic E-state index is -5.46. The first-order chi connectivity index (χ1) is 23.6. The predicted molar refractivity (Wildman–Crippen MR) is 168 cm³/mol. The quantitative estimate of drug-likeness (QED) is 0.186. The van der Waals surface area contributed by atoms with Gasteiger partial charge in [0.15, 0.2) is 0 Å². The molecule has 1 aliphatic heterocycles. The van der Waals surface area contributed by atoms with Crippen molar-refractivity contribution < 1.29 is 54.2 Å². The van der Waals surface area contributed by atoms with Gasteiger partial charge in [0.2, 0.25) is 5.91 Å². The van der Waals surface area contributed by atoms with E-state index >= 15 is 8.78 Å². The van der Waals surface area contributed by atoms with Crippen LogP contribution in [-0.2, 0) is 28.4 Å². The zero-order valence-corrected chi connectivity index (χ0v) is 28.0. The molecule has 0 spiro atoms. The van der Waals surface area contributed by atoms with Crippen LogP contribution in [0.25, 0.3) is 11.1 Å². The summed E-state index contributed by atoms with van der Waals surface area (Å²) in [6.07, 6.45) is -10.4. The number of carbonyl (C=O) groups is 2. The summed E-state index contributed by atoms with van der Waals surface area (Å²) in [6, 6.07) is -1.40. The number of aryl methyl sites for hydroxylation is 1. The highest BCUT2D eigenvalue weighted by molar-refractivity contribution is 5.82. The van der Waals surface area contributed by atoms with E-state index in [-0.39, 0.29) is 47.7 Å². The van der Waals surface area contributed by atoms with E-state index in [1.165, 1.54) is 6.92 Å². The molecule has 2 N–H and O–H groups in total. The Morgan fingerprint density at radius 2 is 1.57 bits per heavy atom. The maximum atomic E-state index is 16.4. The van der Waals surface area contributed by atoms with Crippen LogP contribution < -0.4 is 10.9 Å². The molecule has 0 radical (unpaired) electrons. The average Bonchev–Trinajstić information content (AvgIpc) is 2.97. The van der Waals surface area contributed by atoms with E-state index in [1.54, 1.807) is 13.8 Å².